The van der Waals surface area contributed by atoms with E-state index in [1.165, 1.54) is 31.2 Å². The standard InChI is InChI=1S/C19H21FN2O3/c1-12-6-5-7-16(13(12)2)21-18(23)11-22(3)19(24)15-10-14(20)8-9-17(15)25-4/h5-10H,11H2,1-4H3,(H,21,23). The van der Waals surface area contributed by atoms with Gasteiger partial charge in [-0.05, 0) is 49.2 Å². The molecule has 0 spiro atoms. The zero-order valence-corrected chi connectivity index (χ0v) is 14.7. The number of nitrogens with one attached hydrogen (secondary N) is 1. The van der Waals surface area contributed by atoms with E-state index in [0.29, 0.717) is 5.69 Å². The zero-order valence-electron chi connectivity index (χ0n) is 14.7. The van der Waals surface area contributed by atoms with Crippen molar-refractivity contribution in [3.63, 3.8) is 0 Å². The van der Waals surface area contributed by atoms with E-state index >= 15 is 0 Å². The number of hydrogen-bond donors (Lipinski definition) is 1. The largest absolute Gasteiger partial charge is 0.496 e. The Kier molecular flexibility index (Phi) is 5.75. The van der Waals surface area contributed by atoms with Crippen LogP contribution in [0.25, 0.3) is 0 Å². The van der Waals surface area contributed by atoms with Gasteiger partial charge in [-0.1, -0.05) is 12.1 Å². The van der Waals surface area contributed by atoms with E-state index in [4.69, 9.17) is 4.74 Å². The molecule has 5 nitrogen and oxygen atoms in total. The molecule has 0 aromatic heterocycles. The number of aryl methyl sites for hydroxylation is 1. The summed E-state index contributed by atoms with van der Waals surface area (Å²) < 4.78 is 18.5. The summed E-state index contributed by atoms with van der Waals surface area (Å²) in [6.07, 6.45) is 0. The second-order valence-corrected chi connectivity index (χ2v) is 5.80. The van der Waals surface area contributed by atoms with Crippen molar-refractivity contribution in [2.75, 3.05) is 26.0 Å². The van der Waals surface area contributed by atoms with Gasteiger partial charge in [-0.15, -0.1) is 0 Å². The first-order valence-corrected chi connectivity index (χ1v) is 7.78. The van der Waals surface area contributed by atoms with E-state index in [0.717, 1.165) is 17.2 Å². The van der Waals surface area contributed by atoms with E-state index in [9.17, 15) is 14.0 Å². The zero-order chi connectivity index (χ0) is 18.6. The van der Waals surface area contributed by atoms with E-state index in [1.54, 1.807) is 6.07 Å². The maximum absolute atomic E-state index is 13.4. The van der Waals surface area contributed by atoms with Crippen LogP contribution < -0.4 is 10.1 Å². The molecule has 0 aliphatic carbocycles. The van der Waals surface area contributed by atoms with E-state index < -0.39 is 11.7 Å². The summed E-state index contributed by atoms with van der Waals surface area (Å²) in [5.74, 6) is -1.11. The van der Waals surface area contributed by atoms with Gasteiger partial charge >= 0.3 is 0 Å². The average molecular weight is 344 g/mol. The summed E-state index contributed by atoms with van der Waals surface area (Å²) in [6, 6.07) is 9.30. The molecule has 0 unspecified atom stereocenters. The average Bonchev–Trinajstić information content (AvgIpc) is 2.58. The Morgan fingerprint density at radius 2 is 1.92 bits per heavy atom. The number of anilines is 1. The minimum absolute atomic E-state index is 0.0736. The molecule has 25 heavy (non-hydrogen) atoms. The normalized spacial score (nSPS) is 10.3. The molecule has 0 saturated carbocycles. The van der Waals surface area contributed by atoms with Gasteiger partial charge in [-0.25, -0.2) is 4.39 Å². The predicted molar refractivity (Wildman–Crippen MR) is 94.5 cm³/mol. The fourth-order valence-corrected chi connectivity index (χ4v) is 2.42. The van der Waals surface area contributed by atoms with Crippen LogP contribution in [0, 0.1) is 19.7 Å². The summed E-state index contributed by atoms with van der Waals surface area (Å²) in [6.45, 7) is 3.71. The number of nitrogens with zero attached hydrogens (tertiary/aromatic N) is 1. The van der Waals surface area contributed by atoms with Crippen molar-refractivity contribution in [1.82, 2.24) is 4.90 Å². The Morgan fingerprint density at radius 3 is 2.60 bits per heavy atom. The van der Waals surface area contributed by atoms with Crippen LogP contribution in [-0.2, 0) is 4.79 Å². The number of hydrogen-bond acceptors (Lipinski definition) is 3. The highest BCUT2D eigenvalue weighted by molar-refractivity contribution is 6.01. The number of methoxy groups -OCH3 is 1. The molecule has 2 rings (SSSR count). The molecule has 0 aliphatic rings. The first-order chi connectivity index (χ1) is 11.8. The summed E-state index contributed by atoms with van der Waals surface area (Å²) in [5, 5.41) is 2.79. The lowest BCUT2D eigenvalue weighted by atomic mass is 10.1. The third kappa shape index (κ3) is 4.35. The molecule has 0 saturated heterocycles. The molecule has 0 bridgehead atoms. The smallest absolute Gasteiger partial charge is 0.257 e. The van der Waals surface area contributed by atoms with Crippen LogP contribution in [0.3, 0.4) is 0 Å². The van der Waals surface area contributed by atoms with Crippen molar-refractivity contribution in [3.8, 4) is 5.75 Å². The third-order valence-corrected chi connectivity index (χ3v) is 4.00. The number of carbonyl (C=O) groups is 2. The Labute approximate surface area is 146 Å². The lowest BCUT2D eigenvalue weighted by Gasteiger charge is -2.19. The number of amides is 2. The fraction of sp³-hybridized carbons (Fsp3) is 0.263. The highest BCUT2D eigenvalue weighted by atomic mass is 19.1. The second kappa shape index (κ2) is 7.79. The van der Waals surface area contributed by atoms with Crippen molar-refractivity contribution in [2.24, 2.45) is 0 Å². The molecule has 0 heterocycles. The predicted octanol–water partition coefficient (Wildman–Crippen LogP) is 3.16. The van der Waals surface area contributed by atoms with E-state index in [1.807, 2.05) is 26.0 Å². The van der Waals surface area contributed by atoms with Crippen molar-refractivity contribution in [2.45, 2.75) is 13.8 Å². The molecule has 2 aromatic carbocycles. The second-order valence-electron chi connectivity index (χ2n) is 5.80. The quantitative estimate of drug-likeness (QED) is 0.906. The van der Waals surface area contributed by atoms with Crippen LogP contribution in [0.4, 0.5) is 10.1 Å². The molecular weight excluding hydrogens is 323 g/mol. The van der Waals surface area contributed by atoms with Crippen LogP contribution in [0.5, 0.6) is 5.75 Å². The summed E-state index contributed by atoms with van der Waals surface area (Å²) in [4.78, 5) is 25.9. The lowest BCUT2D eigenvalue weighted by Crippen LogP contribution is -2.35. The number of rotatable bonds is 5. The molecule has 2 amide bonds. The van der Waals surface area contributed by atoms with Crippen LogP contribution in [0.15, 0.2) is 36.4 Å². The Balaban J connectivity index is 2.09. The SMILES string of the molecule is COc1ccc(F)cc1C(=O)N(C)CC(=O)Nc1cccc(C)c1C. The number of ether oxygens (including phenoxy) is 1. The summed E-state index contributed by atoms with van der Waals surface area (Å²) >= 11 is 0. The van der Waals surface area contributed by atoms with Crippen LogP contribution in [-0.4, -0.2) is 37.4 Å². The van der Waals surface area contributed by atoms with Gasteiger partial charge in [0.25, 0.3) is 5.91 Å². The molecule has 1 N–H and O–H groups in total. The van der Waals surface area contributed by atoms with E-state index in [-0.39, 0.29) is 23.8 Å². The fourth-order valence-electron chi connectivity index (χ4n) is 2.42. The summed E-state index contributed by atoms with van der Waals surface area (Å²) in [5.41, 5.74) is 2.81. The van der Waals surface area contributed by atoms with Gasteiger partial charge in [0, 0.05) is 12.7 Å². The molecular formula is C19H21FN2O3. The highest BCUT2D eigenvalue weighted by Gasteiger charge is 2.20. The number of halogens is 1. The Morgan fingerprint density at radius 1 is 1.20 bits per heavy atom. The molecule has 0 aliphatic heterocycles. The van der Waals surface area contributed by atoms with E-state index in [2.05, 4.69) is 5.32 Å². The van der Waals surface area contributed by atoms with Crippen LogP contribution in [0.1, 0.15) is 21.5 Å². The number of carbonyl (C=O) groups excluding carboxylic acids is 2. The van der Waals surface area contributed by atoms with Crippen LogP contribution >= 0.6 is 0 Å². The van der Waals surface area contributed by atoms with Gasteiger partial charge < -0.3 is 15.0 Å². The Hall–Kier alpha value is -2.89. The first-order valence-electron chi connectivity index (χ1n) is 7.78. The van der Waals surface area contributed by atoms with Gasteiger partial charge in [0.1, 0.15) is 11.6 Å². The van der Waals surface area contributed by atoms with Gasteiger partial charge in [0.15, 0.2) is 0 Å². The maximum Gasteiger partial charge on any atom is 0.257 e. The van der Waals surface area contributed by atoms with Crippen molar-refractivity contribution >= 4 is 17.5 Å². The Bertz CT molecular complexity index is 805. The van der Waals surface area contributed by atoms with Crippen molar-refractivity contribution < 1.29 is 18.7 Å². The molecule has 2 aromatic rings. The summed E-state index contributed by atoms with van der Waals surface area (Å²) in [7, 11) is 2.88. The number of benzene rings is 2. The molecule has 0 radical (unpaired) electrons. The van der Waals surface area contributed by atoms with Crippen molar-refractivity contribution in [3.05, 3.63) is 58.9 Å². The molecule has 0 atom stereocenters. The molecule has 132 valence electrons. The highest BCUT2D eigenvalue weighted by Crippen LogP contribution is 2.21. The lowest BCUT2D eigenvalue weighted by molar-refractivity contribution is -0.116. The van der Waals surface area contributed by atoms with Crippen molar-refractivity contribution in [1.29, 1.82) is 0 Å². The first kappa shape index (κ1) is 18.4. The topological polar surface area (TPSA) is 58.6 Å². The van der Waals surface area contributed by atoms with Crippen LogP contribution in [0.2, 0.25) is 0 Å². The monoisotopic (exact) mass is 344 g/mol. The minimum atomic E-state index is -0.544. The molecule has 0 fully saturated rings. The number of likely N-dealkylation sites (N-methyl/N-ethyl adjacent to an activating group) is 1. The molecule has 6 heteroatoms. The minimum Gasteiger partial charge on any atom is -0.496 e. The van der Waals surface area contributed by atoms with Gasteiger partial charge in [0.05, 0.1) is 19.2 Å². The third-order valence-electron chi connectivity index (χ3n) is 4.00. The van der Waals surface area contributed by atoms with Gasteiger partial charge in [-0.3, -0.25) is 9.59 Å². The van der Waals surface area contributed by atoms with Gasteiger partial charge in [0.2, 0.25) is 5.91 Å². The van der Waals surface area contributed by atoms with Gasteiger partial charge in [-0.2, -0.15) is 0 Å². The maximum atomic E-state index is 13.4.